The van der Waals surface area contributed by atoms with Gasteiger partial charge >= 0.3 is 0 Å². The van der Waals surface area contributed by atoms with Gasteiger partial charge in [0, 0.05) is 18.8 Å². The SMILES string of the molecule is CCC1COCCN1C(=O)C1CCNc2ccccc21. The first-order valence-electron chi connectivity index (χ1n) is 7.52. The normalized spacial score (nSPS) is 25.8. The van der Waals surface area contributed by atoms with E-state index in [4.69, 9.17) is 4.74 Å². The number of ether oxygens (including phenoxy) is 1. The Hall–Kier alpha value is -1.55. The zero-order chi connectivity index (χ0) is 13.9. The van der Waals surface area contributed by atoms with Crippen molar-refractivity contribution in [1.29, 1.82) is 0 Å². The second-order valence-electron chi connectivity index (χ2n) is 5.52. The number of nitrogens with zero attached hydrogens (tertiary/aromatic N) is 1. The minimum atomic E-state index is -0.000370. The highest BCUT2D eigenvalue weighted by molar-refractivity contribution is 5.86. The highest BCUT2D eigenvalue weighted by Gasteiger charge is 2.34. The average molecular weight is 274 g/mol. The minimum absolute atomic E-state index is 0.000370. The van der Waals surface area contributed by atoms with E-state index in [2.05, 4.69) is 24.4 Å². The Bertz CT molecular complexity index is 489. The minimum Gasteiger partial charge on any atom is -0.385 e. The molecule has 0 radical (unpaired) electrons. The second kappa shape index (κ2) is 5.83. The van der Waals surface area contributed by atoms with E-state index in [-0.39, 0.29) is 17.9 Å². The lowest BCUT2D eigenvalue weighted by Gasteiger charge is -2.38. The summed E-state index contributed by atoms with van der Waals surface area (Å²) >= 11 is 0. The van der Waals surface area contributed by atoms with Crippen LogP contribution in [-0.2, 0) is 9.53 Å². The third kappa shape index (κ3) is 2.40. The van der Waals surface area contributed by atoms with Gasteiger partial charge in [-0.15, -0.1) is 0 Å². The summed E-state index contributed by atoms with van der Waals surface area (Å²) in [5.74, 6) is 0.272. The lowest BCUT2D eigenvalue weighted by atomic mass is 9.89. The van der Waals surface area contributed by atoms with Crippen molar-refractivity contribution in [3.05, 3.63) is 29.8 Å². The van der Waals surface area contributed by atoms with Crippen LogP contribution in [0.15, 0.2) is 24.3 Å². The molecule has 0 saturated carbocycles. The van der Waals surface area contributed by atoms with Crippen molar-refractivity contribution >= 4 is 11.6 Å². The predicted octanol–water partition coefficient (Wildman–Crippen LogP) is 2.22. The van der Waals surface area contributed by atoms with Gasteiger partial charge < -0.3 is 15.0 Å². The summed E-state index contributed by atoms with van der Waals surface area (Å²) in [5, 5.41) is 3.38. The smallest absolute Gasteiger partial charge is 0.230 e. The Kier molecular flexibility index (Phi) is 3.92. The van der Waals surface area contributed by atoms with Crippen LogP contribution >= 0.6 is 0 Å². The maximum atomic E-state index is 12.9. The summed E-state index contributed by atoms with van der Waals surface area (Å²) in [4.78, 5) is 15.0. The number of fused-ring (bicyclic) bond motifs is 1. The number of amides is 1. The Balaban J connectivity index is 1.84. The van der Waals surface area contributed by atoms with E-state index in [0.29, 0.717) is 13.2 Å². The van der Waals surface area contributed by atoms with Gasteiger partial charge in [-0.25, -0.2) is 0 Å². The van der Waals surface area contributed by atoms with E-state index >= 15 is 0 Å². The molecule has 0 aromatic heterocycles. The molecule has 0 aliphatic carbocycles. The number of carbonyl (C=O) groups is 1. The fourth-order valence-electron chi connectivity index (χ4n) is 3.21. The van der Waals surface area contributed by atoms with Crippen LogP contribution in [0.4, 0.5) is 5.69 Å². The number of nitrogens with one attached hydrogen (secondary N) is 1. The molecule has 1 aromatic rings. The summed E-state index contributed by atoms with van der Waals surface area (Å²) in [6.45, 7) is 5.05. The molecule has 1 saturated heterocycles. The Morgan fingerprint density at radius 3 is 3.15 bits per heavy atom. The molecule has 108 valence electrons. The molecule has 1 aromatic carbocycles. The molecule has 4 heteroatoms. The maximum absolute atomic E-state index is 12.9. The molecule has 2 atom stereocenters. The Morgan fingerprint density at radius 2 is 2.30 bits per heavy atom. The zero-order valence-electron chi connectivity index (χ0n) is 12.0. The van der Waals surface area contributed by atoms with Crippen LogP contribution in [0.5, 0.6) is 0 Å². The Labute approximate surface area is 120 Å². The molecular formula is C16H22N2O2. The van der Waals surface area contributed by atoms with Crippen molar-refractivity contribution in [3.63, 3.8) is 0 Å². The highest BCUT2D eigenvalue weighted by Crippen LogP contribution is 2.33. The van der Waals surface area contributed by atoms with Crippen molar-refractivity contribution in [1.82, 2.24) is 4.90 Å². The quantitative estimate of drug-likeness (QED) is 0.899. The second-order valence-corrected chi connectivity index (χ2v) is 5.52. The first-order chi connectivity index (χ1) is 9.81. The highest BCUT2D eigenvalue weighted by atomic mass is 16.5. The topological polar surface area (TPSA) is 41.6 Å². The van der Waals surface area contributed by atoms with Crippen LogP contribution in [0.2, 0.25) is 0 Å². The van der Waals surface area contributed by atoms with Crippen LogP contribution in [0.3, 0.4) is 0 Å². The van der Waals surface area contributed by atoms with Gasteiger partial charge in [-0.2, -0.15) is 0 Å². The van der Waals surface area contributed by atoms with E-state index in [1.807, 2.05) is 17.0 Å². The lowest BCUT2D eigenvalue weighted by molar-refractivity contribution is -0.141. The number of morpholine rings is 1. The fourth-order valence-corrected chi connectivity index (χ4v) is 3.21. The largest absolute Gasteiger partial charge is 0.385 e. The van der Waals surface area contributed by atoms with E-state index < -0.39 is 0 Å². The van der Waals surface area contributed by atoms with E-state index in [9.17, 15) is 4.79 Å². The summed E-state index contributed by atoms with van der Waals surface area (Å²) < 4.78 is 5.50. The fraction of sp³-hybridized carbons (Fsp3) is 0.562. The third-order valence-corrected chi connectivity index (χ3v) is 4.36. The van der Waals surface area contributed by atoms with Crippen LogP contribution in [0.25, 0.3) is 0 Å². The van der Waals surface area contributed by atoms with Crippen molar-refractivity contribution in [2.45, 2.75) is 31.7 Å². The number of carbonyl (C=O) groups excluding carboxylic acids is 1. The van der Waals surface area contributed by atoms with E-state index in [1.54, 1.807) is 0 Å². The van der Waals surface area contributed by atoms with Crippen molar-refractivity contribution < 1.29 is 9.53 Å². The standard InChI is InChI=1S/C16H22N2O2/c1-2-12-11-20-10-9-18(12)16(19)14-7-8-17-15-6-4-3-5-13(14)15/h3-6,12,14,17H,2,7-11H2,1H3. The maximum Gasteiger partial charge on any atom is 0.230 e. The number of para-hydroxylation sites is 1. The van der Waals surface area contributed by atoms with Crippen molar-refractivity contribution in [2.24, 2.45) is 0 Å². The van der Waals surface area contributed by atoms with E-state index in [0.717, 1.165) is 37.2 Å². The summed E-state index contributed by atoms with van der Waals surface area (Å²) in [6, 6.07) is 8.40. The molecule has 1 N–H and O–H groups in total. The van der Waals surface area contributed by atoms with Crippen LogP contribution in [-0.4, -0.2) is 43.2 Å². The molecule has 0 spiro atoms. The molecule has 2 heterocycles. The molecule has 1 fully saturated rings. The lowest BCUT2D eigenvalue weighted by Crippen LogP contribution is -2.50. The number of hydrogen-bond donors (Lipinski definition) is 1. The van der Waals surface area contributed by atoms with Gasteiger partial charge in [-0.1, -0.05) is 25.1 Å². The number of hydrogen-bond acceptors (Lipinski definition) is 3. The number of rotatable bonds is 2. The Morgan fingerprint density at radius 1 is 1.45 bits per heavy atom. The molecule has 4 nitrogen and oxygen atoms in total. The molecule has 2 unspecified atom stereocenters. The van der Waals surface area contributed by atoms with Crippen molar-refractivity contribution in [2.75, 3.05) is 31.6 Å². The van der Waals surface area contributed by atoms with Crippen LogP contribution < -0.4 is 5.32 Å². The summed E-state index contributed by atoms with van der Waals surface area (Å²) in [5.41, 5.74) is 2.25. The predicted molar refractivity (Wildman–Crippen MR) is 78.9 cm³/mol. The van der Waals surface area contributed by atoms with Gasteiger partial charge in [0.2, 0.25) is 5.91 Å². The van der Waals surface area contributed by atoms with Gasteiger partial charge in [0.25, 0.3) is 0 Å². The molecular weight excluding hydrogens is 252 g/mol. The van der Waals surface area contributed by atoms with Gasteiger partial charge in [0.05, 0.1) is 25.2 Å². The third-order valence-electron chi connectivity index (χ3n) is 4.36. The molecule has 0 bridgehead atoms. The first kappa shape index (κ1) is 13.4. The average Bonchev–Trinajstić information content (AvgIpc) is 2.53. The molecule has 1 amide bonds. The van der Waals surface area contributed by atoms with Gasteiger partial charge in [0.1, 0.15) is 0 Å². The molecule has 20 heavy (non-hydrogen) atoms. The molecule has 3 rings (SSSR count). The summed E-state index contributed by atoms with van der Waals surface area (Å²) in [6.07, 6.45) is 1.84. The zero-order valence-corrected chi connectivity index (χ0v) is 12.0. The molecule has 2 aliphatic heterocycles. The van der Waals surface area contributed by atoms with Crippen LogP contribution in [0, 0.1) is 0 Å². The monoisotopic (exact) mass is 274 g/mol. The van der Waals surface area contributed by atoms with Gasteiger partial charge in [0.15, 0.2) is 0 Å². The van der Waals surface area contributed by atoms with E-state index in [1.165, 1.54) is 0 Å². The number of anilines is 1. The van der Waals surface area contributed by atoms with Crippen molar-refractivity contribution in [3.8, 4) is 0 Å². The van der Waals surface area contributed by atoms with Crippen LogP contribution in [0.1, 0.15) is 31.2 Å². The summed E-state index contributed by atoms with van der Waals surface area (Å²) in [7, 11) is 0. The first-order valence-corrected chi connectivity index (χ1v) is 7.52. The van der Waals surface area contributed by atoms with Gasteiger partial charge in [-0.05, 0) is 24.5 Å². The number of benzene rings is 1. The molecule has 2 aliphatic rings. The van der Waals surface area contributed by atoms with Gasteiger partial charge in [-0.3, -0.25) is 4.79 Å².